The third-order valence-corrected chi connectivity index (χ3v) is 3.72. The van der Waals surface area contributed by atoms with Crippen LogP contribution in [0, 0.1) is 5.92 Å². The number of ether oxygens (including phenoxy) is 1. The van der Waals surface area contributed by atoms with Gasteiger partial charge in [-0.1, -0.05) is 13.8 Å². The zero-order valence-electron chi connectivity index (χ0n) is 11.5. The van der Waals surface area contributed by atoms with E-state index in [0.29, 0.717) is 6.04 Å². The first-order valence-electron chi connectivity index (χ1n) is 6.46. The van der Waals surface area contributed by atoms with E-state index in [2.05, 4.69) is 37.9 Å². The highest BCUT2D eigenvalue weighted by Gasteiger charge is 2.26. The first-order chi connectivity index (χ1) is 7.46. The number of hydrogen-bond donors (Lipinski definition) is 1. The average Bonchev–Trinajstić information content (AvgIpc) is 2.27. The molecule has 0 aliphatic carbocycles. The molecule has 3 heteroatoms. The van der Waals surface area contributed by atoms with Gasteiger partial charge in [-0.25, -0.2) is 0 Å². The van der Waals surface area contributed by atoms with Crippen molar-refractivity contribution in [3.63, 3.8) is 0 Å². The predicted octanol–water partition coefficient (Wildman–Crippen LogP) is 1.73. The highest BCUT2D eigenvalue weighted by molar-refractivity contribution is 4.83. The van der Waals surface area contributed by atoms with Gasteiger partial charge in [-0.3, -0.25) is 4.90 Å². The quantitative estimate of drug-likeness (QED) is 0.775. The molecule has 0 saturated carbocycles. The Morgan fingerprint density at radius 1 is 1.44 bits per heavy atom. The van der Waals surface area contributed by atoms with Gasteiger partial charge in [0.2, 0.25) is 0 Å². The van der Waals surface area contributed by atoms with E-state index in [1.54, 1.807) is 7.11 Å². The summed E-state index contributed by atoms with van der Waals surface area (Å²) in [4.78, 5) is 2.61. The van der Waals surface area contributed by atoms with Gasteiger partial charge >= 0.3 is 0 Å². The van der Waals surface area contributed by atoms with Gasteiger partial charge in [-0.2, -0.15) is 0 Å². The fourth-order valence-corrected chi connectivity index (χ4v) is 2.22. The lowest BCUT2D eigenvalue weighted by atomic mass is 9.98. The SMILES string of the molecule is COC(C)(C)CCN1CCNCC1C(C)C. The summed E-state index contributed by atoms with van der Waals surface area (Å²) in [5.41, 5.74) is 0.00635. The van der Waals surface area contributed by atoms with Crippen molar-refractivity contribution in [1.29, 1.82) is 0 Å². The van der Waals surface area contributed by atoms with Crippen molar-refractivity contribution in [2.45, 2.75) is 45.8 Å². The summed E-state index contributed by atoms with van der Waals surface area (Å²) in [7, 11) is 1.80. The maximum Gasteiger partial charge on any atom is 0.0634 e. The second kappa shape index (κ2) is 5.99. The fourth-order valence-electron chi connectivity index (χ4n) is 2.22. The van der Waals surface area contributed by atoms with Crippen molar-refractivity contribution in [1.82, 2.24) is 10.2 Å². The van der Waals surface area contributed by atoms with E-state index in [1.165, 1.54) is 6.54 Å². The molecule has 1 aliphatic heterocycles. The molecule has 0 bridgehead atoms. The summed E-state index contributed by atoms with van der Waals surface area (Å²) in [6.45, 7) is 13.5. The summed E-state index contributed by atoms with van der Waals surface area (Å²) in [5, 5.41) is 3.48. The lowest BCUT2D eigenvalue weighted by molar-refractivity contribution is -0.000770. The monoisotopic (exact) mass is 228 g/mol. The first kappa shape index (κ1) is 13.9. The number of methoxy groups -OCH3 is 1. The molecule has 3 nitrogen and oxygen atoms in total. The molecule has 1 heterocycles. The fraction of sp³-hybridized carbons (Fsp3) is 1.00. The molecule has 1 unspecified atom stereocenters. The second-order valence-electron chi connectivity index (χ2n) is 5.77. The molecule has 0 radical (unpaired) electrons. The van der Waals surface area contributed by atoms with Gasteiger partial charge in [0.15, 0.2) is 0 Å². The molecule has 0 spiro atoms. The third-order valence-electron chi connectivity index (χ3n) is 3.72. The van der Waals surface area contributed by atoms with Gasteiger partial charge in [-0.15, -0.1) is 0 Å². The molecule has 0 amide bonds. The number of piperazine rings is 1. The van der Waals surface area contributed by atoms with Gasteiger partial charge in [0.25, 0.3) is 0 Å². The summed E-state index contributed by atoms with van der Waals surface area (Å²) in [5.74, 6) is 0.721. The molecular formula is C13H28N2O. The zero-order valence-corrected chi connectivity index (χ0v) is 11.5. The van der Waals surface area contributed by atoms with Gasteiger partial charge in [-0.05, 0) is 26.2 Å². The van der Waals surface area contributed by atoms with Crippen LogP contribution < -0.4 is 5.32 Å². The smallest absolute Gasteiger partial charge is 0.0634 e. The number of nitrogens with zero attached hydrogens (tertiary/aromatic N) is 1. The lowest BCUT2D eigenvalue weighted by Gasteiger charge is -2.40. The number of hydrogen-bond acceptors (Lipinski definition) is 3. The van der Waals surface area contributed by atoms with Gasteiger partial charge in [0, 0.05) is 39.3 Å². The van der Waals surface area contributed by atoms with Crippen molar-refractivity contribution >= 4 is 0 Å². The lowest BCUT2D eigenvalue weighted by Crippen LogP contribution is -2.54. The van der Waals surface area contributed by atoms with Crippen molar-refractivity contribution in [2.75, 3.05) is 33.3 Å². The van der Waals surface area contributed by atoms with Crippen LogP contribution in [0.15, 0.2) is 0 Å². The van der Waals surface area contributed by atoms with Crippen molar-refractivity contribution in [3.8, 4) is 0 Å². The van der Waals surface area contributed by atoms with Crippen LogP contribution in [0.25, 0.3) is 0 Å². The van der Waals surface area contributed by atoms with Crippen molar-refractivity contribution in [2.24, 2.45) is 5.92 Å². The normalized spacial score (nSPS) is 24.0. The minimum Gasteiger partial charge on any atom is -0.379 e. The first-order valence-corrected chi connectivity index (χ1v) is 6.46. The third kappa shape index (κ3) is 4.04. The molecule has 1 atom stereocenters. The maximum absolute atomic E-state index is 5.48. The molecular weight excluding hydrogens is 200 g/mol. The Morgan fingerprint density at radius 2 is 2.12 bits per heavy atom. The second-order valence-corrected chi connectivity index (χ2v) is 5.77. The highest BCUT2D eigenvalue weighted by Crippen LogP contribution is 2.18. The molecule has 0 aromatic heterocycles. The van der Waals surface area contributed by atoms with Crippen LogP contribution in [0.1, 0.15) is 34.1 Å². The van der Waals surface area contributed by atoms with Crippen molar-refractivity contribution in [3.05, 3.63) is 0 Å². The van der Waals surface area contributed by atoms with Crippen LogP contribution in [0.5, 0.6) is 0 Å². The molecule has 1 rings (SSSR count). The topological polar surface area (TPSA) is 24.5 Å². The molecule has 0 aromatic carbocycles. The van der Waals surface area contributed by atoms with Crippen LogP contribution in [0.2, 0.25) is 0 Å². The number of rotatable bonds is 5. The van der Waals surface area contributed by atoms with Gasteiger partial charge in [0.05, 0.1) is 5.60 Å². The van der Waals surface area contributed by atoms with E-state index < -0.39 is 0 Å². The average molecular weight is 228 g/mol. The minimum absolute atomic E-state index is 0.00635. The molecule has 1 saturated heterocycles. The van der Waals surface area contributed by atoms with E-state index in [0.717, 1.165) is 32.0 Å². The van der Waals surface area contributed by atoms with E-state index in [1.807, 2.05) is 0 Å². The number of nitrogens with one attached hydrogen (secondary N) is 1. The Labute approximate surface area is 101 Å². The Hall–Kier alpha value is -0.120. The highest BCUT2D eigenvalue weighted by atomic mass is 16.5. The molecule has 1 aliphatic rings. The van der Waals surface area contributed by atoms with Crippen LogP contribution in [-0.4, -0.2) is 49.8 Å². The van der Waals surface area contributed by atoms with Crippen LogP contribution in [-0.2, 0) is 4.74 Å². The molecule has 96 valence electrons. The minimum atomic E-state index is 0.00635. The van der Waals surface area contributed by atoms with Crippen LogP contribution >= 0.6 is 0 Å². The van der Waals surface area contributed by atoms with E-state index >= 15 is 0 Å². The van der Waals surface area contributed by atoms with Crippen molar-refractivity contribution < 1.29 is 4.74 Å². The summed E-state index contributed by atoms with van der Waals surface area (Å²) >= 11 is 0. The molecule has 1 fully saturated rings. The van der Waals surface area contributed by atoms with Crippen LogP contribution in [0.3, 0.4) is 0 Å². The van der Waals surface area contributed by atoms with Gasteiger partial charge in [0.1, 0.15) is 0 Å². The van der Waals surface area contributed by atoms with E-state index in [9.17, 15) is 0 Å². The Balaban J connectivity index is 2.44. The Morgan fingerprint density at radius 3 is 2.69 bits per heavy atom. The Kier molecular flexibility index (Phi) is 5.22. The summed E-state index contributed by atoms with van der Waals surface area (Å²) in [6.07, 6.45) is 1.10. The summed E-state index contributed by atoms with van der Waals surface area (Å²) in [6, 6.07) is 0.682. The molecule has 16 heavy (non-hydrogen) atoms. The van der Waals surface area contributed by atoms with Gasteiger partial charge < -0.3 is 10.1 Å². The van der Waals surface area contributed by atoms with E-state index in [4.69, 9.17) is 4.74 Å². The van der Waals surface area contributed by atoms with Crippen LogP contribution in [0.4, 0.5) is 0 Å². The predicted molar refractivity (Wildman–Crippen MR) is 68.8 cm³/mol. The standard InChI is InChI=1S/C13H28N2O/c1-11(2)12-10-14-7-9-15(12)8-6-13(3,4)16-5/h11-12,14H,6-10H2,1-5H3. The largest absolute Gasteiger partial charge is 0.379 e. The maximum atomic E-state index is 5.48. The molecule has 1 N–H and O–H groups in total. The molecule has 0 aromatic rings. The summed E-state index contributed by atoms with van der Waals surface area (Å²) < 4.78 is 5.48. The van der Waals surface area contributed by atoms with E-state index in [-0.39, 0.29) is 5.60 Å². The Bertz CT molecular complexity index is 204. The zero-order chi connectivity index (χ0) is 12.2.